The van der Waals surface area contributed by atoms with Crippen LogP contribution in [0.3, 0.4) is 0 Å². The summed E-state index contributed by atoms with van der Waals surface area (Å²) in [5, 5.41) is 22.2. The lowest BCUT2D eigenvalue weighted by Gasteiger charge is -2.47. The summed E-state index contributed by atoms with van der Waals surface area (Å²) < 4.78 is 24.8. The molecule has 0 bridgehead atoms. The molecule has 0 saturated heterocycles. The molecule has 1 aliphatic carbocycles. The molecule has 1 saturated carbocycles. The first kappa shape index (κ1) is 26.2. The Morgan fingerprint density at radius 1 is 0.528 bits per heavy atom. The first-order valence-corrected chi connectivity index (χ1v) is 12.2. The molecule has 1 fully saturated rings. The average molecular weight is 491 g/mol. The maximum atomic E-state index is 11.1. The van der Waals surface area contributed by atoms with E-state index in [-0.39, 0.29) is 13.2 Å². The lowest BCUT2D eigenvalue weighted by atomic mass is 9.84. The van der Waals surface area contributed by atoms with Crippen molar-refractivity contribution in [1.29, 1.82) is 0 Å². The highest BCUT2D eigenvalue weighted by Gasteiger charge is 2.52. The van der Waals surface area contributed by atoms with E-state index in [4.69, 9.17) is 18.9 Å². The van der Waals surface area contributed by atoms with Gasteiger partial charge in [-0.2, -0.15) is 0 Å². The normalized spacial score (nSPS) is 25.9. The van der Waals surface area contributed by atoms with E-state index in [1.165, 1.54) is 0 Å². The van der Waals surface area contributed by atoms with Crippen molar-refractivity contribution < 1.29 is 29.2 Å². The molecule has 4 rings (SSSR count). The molecule has 0 aliphatic heterocycles. The fourth-order valence-corrected chi connectivity index (χ4v) is 4.40. The summed E-state index contributed by atoms with van der Waals surface area (Å²) in [4.78, 5) is 0. The third-order valence-electron chi connectivity index (χ3n) is 6.26. The minimum absolute atomic E-state index is 0.195. The van der Waals surface area contributed by atoms with E-state index in [9.17, 15) is 10.2 Å². The predicted molar refractivity (Wildman–Crippen MR) is 137 cm³/mol. The van der Waals surface area contributed by atoms with E-state index in [0.717, 1.165) is 16.7 Å². The highest BCUT2D eigenvalue weighted by Crippen LogP contribution is 2.32. The smallest absolute Gasteiger partial charge is 0.116 e. The number of ether oxygens (including phenoxy) is 4. The van der Waals surface area contributed by atoms with Crippen LogP contribution in [0.4, 0.5) is 0 Å². The lowest BCUT2D eigenvalue weighted by molar-refractivity contribution is -0.270. The second-order valence-electron chi connectivity index (χ2n) is 8.85. The highest BCUT2D eigenvalue weighted by molar-refractivity contribution is 5.16. The number of rotatable bonds is 12. The number of benzene rings is 3. The number of hydrogen-bond donors (Lipinski definition) is 2. The second kappa shape index (κ2) is 13.5. The third kappa shape index (κ3) is 6.89. The van der Waals surface area contributed by atoms with Crippen LogP contribution in [0.15, 0.2) is 104 Å². The Hall–Kier alpha value is -2.84. The fraction of sp³-hybridized carbons (Fsp3) is 0.333. The highest BCUT2D eigenvalue weighted by atomic mass is 16.6. The Morgan fingerprint density at radius 3 is 1.22 bits per heavy atom. The third-order valence-corrected chi connectivity index (χ3v) is 6.26. The lowest BCUT2D eigenvalue weighted by Crippen LogP contribution is -2.66. The van der Waals surface area contributed by atoms with Crippen LogP contribution >= 0.6 is 0 Å². The molecular weight excluding hydrogens is 456 g/mol. The van der Waals surface area contributed by atoms with Crippen molar-refractivity contribution in [3.8, 4) is 0 Å². The molecule has 0 radical (unpaired) electrons. The van der Waals surface area contributed by atoms with Crippen LogP contribution in [-0.2, 0) is 38.8 Å². The van der Waals surface area contributed by atoms with Gasteiger partial charge in [0.25, 0.3) is 0 Å². The van der Waals surface area contributed by atoms with Crippen LogP contribution in [0.2, 0.25) is 0 Å². The average Bonchev–Trinajstić information content (AvgIpc) is 2.93. The van der Waals surface area contributed by atoms with Crippen molar-refractivity contribution in [2.45, 2.75) is 56.4 Å². The van der Waals surface area contributed by atoms with Crippen LogP contribution < -0.4 is 0 Å². The summed E-state index contributed by atoms with van der Waals surface area (Å²) in [5.74, 6) is 0. The molecule has 36 heavy (non-hydrogen) atoms. The van der Waals surface area contributed by atoms with Gasteiger partial charge in [0.1, 0.15) is 36.6 Å². The summed E-state index contributed by atoms with van der Waals surface area (Å²) in [5.41, 5.74) is 2.90. The molecule has 0 spiro atoms. The van der Waals surface area contributed by atoms with Gasteiger partial charge in [-0.25, -0.2) is 0 Å². The summed E-state index contributed by atoms with van der Waals surface area (Å²) in [6, 6.07) is 29.2. The standard InChI is InChI=1S/C30H34O6/c1-2-18-33-27-25(31)26(32)28(34-19-22-12-6-3-7-13-22)30(36-21-24-16-10-5-11-17-24)29(27)35-20-23-14-8-4-9-15-23/h2-17,25-32H,1,18-21H2/t25-,26-,27+,28-,29+,30-/m0/s1. The topological polar surface area (TPSA) is 77.4 Å². The molecule has 0 unspecified atom stereocenters. The van der Waals surface area contributed by atoms with Crippen molar-refractivity contribution in [2.24, 2.45) is 0 Å². The van der Waals surface area contributed by atoms with Gasteiger partial charge in [0.15, 0.2) is 0 Å². The molecule has 0 amide bonds. The van der Waals surface area contributed by atoms with E-state index in [2.05, 4.69) is 6.58 Å². The van der Waals surface area contributed by atoms with E-state index in [1.807, 2.05) is 91.0 Å². The van der Waals surface area contributed by atoms with Gasteiger partial charge < -0.3 is 29.2 Å². The maximum Gasteiger partial charge on any atom is 0.116 e. The molecule has 2 N–H and O–H groups in total. The minimum atomic E-state index is -1.24. The Morgan fingerprint density at radius 2 is 0.861 bits per heavy atom. The Kier molecular flexibility index (Phi) is 9.81. The van der Waals surface area contributed by atoms with Gasteiger partial charge in [0, 0.05) is 0 Å². The van der Waals surface area contributed by atoms with Crippen molar-refractivity contribution in [2.75, 3.05) is 6.61 Å². The zero-order valence-electron chi connectivity index (χ0n) is 20.3. The van der Waals surface area contributed by atoms with Crippen LogP contribution in [0.25, 0.3) is 0 Å². The van der Waals surface area contributed by atoms with Crippen LogP contribution in [-0.4, -0.2) is 53.4 Å². The molecule has 6 atom stereocenters. The number of aliphatic hydroxyl groups is 2. The van der Waals surface area contributed by atoms with Gasteiger partial charge in [0.2, 0.25) is 0 Å². The molecule has 3 aromatic carbocycles. The van der Waals surface area contributed by atoms with Crippen molar-refractivity contribution in [1.82, 2.24) is 0 Å². The molecule has 6 heteroatoms. The van der Waals surface area contributed by atoms with Gasteiger partial charge >= 0.3 is 0 Å². The molecule has 0 heterocycles. The maximum absolute atomic E-state index is 11.1. The molecule has 1 aliphatic rings. The van der Waals surface area contributed by atoms with Crippen LogP contribution in [0.1, 0.15) is 16.7 Å². The van der Waals surface area contributed by atoms with E-state index in [0.29, 0.717) is 13.2 Å². The molecule has 6 nitrogen and oxygen atoms in total. The molecule has 0 aromatic heterocycles. The Balaban J connectivity index is 1.60. The van der Waals surface area contributed by atoms with Gasteiger partial charge in [0.05, 0.1) is 26.4 Å². The van der Waals surface area contributed by atoms with Gasteiger partial charge in [-0.1, -0.05) is 97.1 Å². The van der Waals surface area contributed by atoms with Crippen molar-refractivity contribution in [3.05, 3.63) is 120 Å². The first-order valence-electron chi connectivity index (χ1n) is 12.2. The zero-order chi connectivity index (χ0) is 25.2. The zero-order valence-corrected chi connectivity index (χ0v) is 20.3. The summed E-state index contributed by atoms with van der Waals surface area (Å²) in [6.07, 6.45) is -3.94. The summed E-state index contributed by atoms with van der Waals surface area (Å²) in [7, 11) is 0. The minimum Gasteiger partial charge on any atom is -0.387 e. The monoisotopic (exact) mass is 490 g/mol. The van der Waals surface area contributed by atoms with Crippen LogP contribution in [0.5, 0.6) is 0 Å². The number of aliphatic hydroxyl groups excluding tert-OH is 2. The quantitative estimate of drug-likeness (QED) is 0.373. The van der Waals surface area contributed by atoms with E-state index in [1.54, 1.807) is 6.08 Å². The van der Waals surface area contributed by atoms with Crippen molar-refractivity contribution >= 4 is 0 Å². The largest absolute Gasteiger partial charge is 0.387 e. The molecule has 3 aromatic rings. The fourth-order valence-electron chi connectivity index (χ4n) is 4.40. The van der Waals surface area contributed by atoms with Crippen molar-refractivity contribution in [3.63, 3.8) is 0 Å². The van der Waals surface area contributed by atoms with E-state index < -0.39 is 36.6 Å². The first-order chi connectivity index (χ1) is 17.7. The SMILES string of the molecule is C=CCO[C@@H]1[C@@H](O)[C@H](O)[C@H](OCc2ccccc2)[C@H](OCc2ccccc2)[C@@H]1OCc1ccccc1. The summed E-state index contributed by atoms with van der Waals surface area (Å²) >= 11 is 0. The van der Waals surface area contributed by atoms with E-state index >= 15 is 0 Å². The Bertz CT molecular complexity index is 1030. The molecular formula is C30H34O6. The molecule has 190 valence electrons. The Labute approximate surface area is 212 Å². The van der Waals surface area contributed by atoms with Gasteiger partial charge in [-0.15, -0.1) is 6.58 Å². The predicted octanol–water partition coefficient (Wildman–Crippen LogP) is 4.05. The second-order valence-corrected chi connectivity index (χ2v) is 8.85. The van der Waals surface area contributed by atoms with Crippen LogP contribution in [0, 0.1) is 0 Å². The van der Waals surface area contributed by atoms with Gasteiger partial charge in [-0.05, 0) is 16.7 Å². The number of hydrogen-bond acceptors (Lipinski definition) is 6. The van der Waals surface area contributed by atoms with Gasteiger partial charge in [-0.3, -0.25) is 0 Å². The summed E-state index contributed by atoms with van der Waals surface area (Å²) in [6.45, 7) is 4.75.